The van der Waals surface area contributed by atoms with Crippen molar-refractivity contribution in [2.45, 2.75) is 230 Å². The molecule has 47 heavy (non-hydrogen) atoms. The summed E-state index contributed by atoms with van der Waals surface area (Å²) < 4.78 is 112. The number of alkyl halides is 9. The molecule has 0 fully saturated rings. The van der Waals surface area contributed by atoms with Gasteiger partial charge in [0.15, 0.2) is 0 Å². The highest BCUT2D eigenvalue weighted by molar-refractivity contribution is 4.69. The van der Waals surface area contributed by atoms with E-state index in [1.54, 1.807) is 48.5 Å². The van der Waals surface area contributed by atoms with Crippen LogP contribution in [0.1, 0.15) is 195 Å². The maximum absolute atomic E-state index is 12.8. The molecule has 298 valence electrons. The Hall–Kier alpha value is -0.670. The molecule has 0 bridgehead atoms. The van der Waals surface area contributed by atoms with Crippen molar-refractivity contribution in [3.8, 4) is 0 Å². The van der Waals surface area contributed by atoms with Gasteiger partial charge in [-0.1, -0.05) is 109 Å². The Balaban J connectivity index is -0.0000000644. The van der Waals surface area contributed by atoms with Crippen LogP contribution in [-0.2, 0) is 4.74 Å². The van der Waals surface area contributed by atoms with Crippen molar-refractivity contribution in [2.75, 3.05) is 13.7 Å². The second kappa shape index (κ2) is 38.1. The minimum Gasteiger partial charge on any atom is -0.378 e. The highest BCUT2D eigenvalue weighted by Gasteiger charge is 2.26. The number of halogens is 9. The highest BCUT2D eigenvalue weighted by atomic mass is 19.3. The first-order valence-corrected chi connectivity index (χ1v) is 16.8. The van der Waals surface area contributed by atoms with Crippen LogP contribution in [0.5, 0.6) is 0 Å². The van der Waals surface area contributed by atoms with E-state index in [2.05, 4.69) is 4.74 Å². The molecule has 2 atom stereocenters. The van der Waals surface area contributed by atoms with Crippen LogP contribution in [0.2, 0.25) is 0 Å². The third kappa shape index (κ3) is 81.4. The number of methoxy groups -OCH3 is 1. The summed E-state index contributed by atoms with van der Waals surface area (Å²) in [5, 5.41) is 0. The molecule has 2 unspecified atom stereocenters. The van der Waals surface area contributed by atoms with Gasteiger partial charge in [0.25, 0.3) is 5.92 Å². The summed E-state index contributed by atoms with van der Waals surface area (Å²) in [5.41, 5.74) is -2.77. The minimum atomic E-state index is -2.62. The molecule has 0 aliphatic carbocycles. The third-order valence-corrected chi connectivity index (χ3v) is 6.03. The van der Waals surface area contributed by atoms with Gasteiger partial charge in [-0.3, -0.25) is 0 Å². The zero-order chi connectivity index (χ0) is 37.4. The van der Waals surface area contributed by atoms with Crippen LogP contribution >= 0.6 is 0 Å². The molecule has 1 nitrogen and oxygen atoms in total. The lowest BCUT2D eigenvalue weighted by molar-refractivity contribution is -0.0700. The standard InChI is InChI=1S/2C7H15F.C6H12F2O.C6H13F.C5H10F2.C4H8F2.2CH4/c2*1-4-6-7(3,8)5-2;1-3-4-6(7,8)5-9-2;1-4-5-6(2,3)7;1-3-4-5(2,6)7;1-2-3-4(5)6;;/h2*4-6H2,1-3H3;3-5H2,1-2H3;4-5H2,1-3H3;3-4H2,1-2H3;4H,2-3H2,1H3;2*1H4. The van der Waals surface area contributed by atoms with Gasteiger partial charge in [0.2, 0.25) is 12.3 Å². The Kier molecular flexibility index (Phi) is 52.6. The van der Waals surface area contributed by atoms with E-state index in [9.17, 15) is 39.5 Å². The quantitative estimate of drug-likeness (QED) is 0.145. The first-order valence-electron chi connectivity index (χ1n) is 16.8. The van der Waals surface area contributed by atoms with Gasteiger partial charge >= 0.3 is 0 Å². The fourth-order valence-electron chi connectivity index (χ4n) is 3.30. The lowest BCUT2D eigenvalue weighted by atomic mass is 10.0. The Labute approximate surface area is 288 Å². The lowest BCUT2D eigenvalue weighted by Gasteiger charge is -2.15. The van der Waals surface area contributed by atoms with E-state index in [0.29, 0.717) is 51.4 Å². The van der Waals surface area contributed by atoms with Crippen LogP contribution in [0.25, 0.3) is 0 Å². The molecule has 0 spiro atoms. The molecule has 0 rings (SSSR count). The topological polar surface area (TPSA) is 9.23 Å². The number of hydrogen-bond acceptors (Lipinski definition) is 1. The molecule has 0 saturated carbocycles. The predicted molar refractivity (Wildman–Crippen MR) is 191 cm³/mol. The van der Waals surface area contributed by atoms with Gasteiger partial charge < -0.3 is 4.74 Å². The number of rotatable bonds is 16. The summed E-state index contributed by atoms with van der Waals surface area (Å²) >= 11 is 0. The molecule has 0 amide bonds. The Morgan fingerprint density at radius 3 is 0.894 bits per heavy atom. The molecule has 0 aromatic heterocycles. The van der Waals surface area contributed by atoms with E-state index in [1.165, 1.54) is 7.11 Å². The van der Waals surface area contributed by atoms with Crippen molar-refractivity contribution in [3.63, 3.8) is 0 Å². The molecular formula is C37H81F9O. The van der Waals surface area contributed by atoms with Crippen LogP contribution in [0.3, 0.4) is 0 Å². The van der Waals surface area contributed by atoms with Crippen LogP contribution < -0.4 is 0 Å². The predicted octanol–water partition coefficient (Wildman–Crippen LogP) is 16.2. The van der Waals surface area contributed by atoms with Gasteiger partial charge in [-0.05, 0) is 66.7 Å². The third-order valence-electron chi connectivity index (χ3n) is 6.03. The summed E-state index contributed by atoms with van der Waals surface area (Å²) in [5.74, 6) is -5.07. The Morgan fingerprint density at radius 2 is 0.809 bits per heavy atom. The van der Waals surface area contributed by atoms with E-state index >= 15 is 0 Å². The van der Waals surface area contributed by atoms with Crippen LogP contribution in [0.15, 0.2) is 0 Å². The smallest absolute Gasteiger partial charge is 0.270 e. The Morgan fingerprint density at radius 1 is 0.489 bits per heavy atom. The van der Waals surface area contributed by atoms with Gasteiger partial charge in [0.1, 0.15) is 23.6 Å². The SMILES string of the molecule is C.C.CCCC(C)(C)F.CCCC(C)(F)CC.CCCC(C)(F)CC.CCCC(C)(F)F.CCCC(F)(F)COC.CCCC(F)F. The molecular weight excluding hydrogens is 631 g/mol. The van der Waals surface area contributed by atoms with E-state index in [1.807, 2.05) is 34.6 Å². The van der Waals surface area contributed by atoms with Gasteiger partial charge in [-0.2, -0.15) is 0 Å². The molecule has 0 aromatic rings. The summed E-state index contributed by atoms with van der Waals surface area (Å²) in [6, 6.07) is 0. The second-order valence-electron chi connectivity index (χ2n) is 12.5. The summed E-state index contributed by atoms with van der Waals surface area (Å²) in [6.45, 7) is 22.0. The molecule has 0 radical (unpaired) electrons. The Bertz CT molecular complexity index is 515. The molecule has 0 aliphatic rings. The van der Waals surface area contributed by atoms with Gasteiger partial charge in [-0.25, -0.2) is 39.5 Å². The summed E-state index contributed by atoms with van der Waals surface area (Å²) in [4.78, 5) is 0. The molecule has 0 saturated heterocycles. The fourth-order valence-corrected chi connectivity index (χ4v) is 3.30. The molecule has 10 heteroatoms. The maximum atomic E-state index is 12.8. The molecule has 0 N–H and O–H groups in total. The number of hydrogen-bond donors (Lipinski definition) is 0. The van der Waals surface area contributed by atoms with Crippen LogP contribution in [0, 0.1) is 0 Å². The largest absolute Gasteiger partial charge is 0.378 e. The summed E-state index contributed by atoms with van der Waals surface area (Å²) in [6.07, 6.45) is 5.67. The zero-order valence-electron chi connectivity index (χ0n) is 31.5. The highest BCUT2D eigenvalue weighted by Crippen LogP contribution is 2.22. The molecule has 0 heterocycles. The number of ether oxygens (including phenoxy) is 1. The van der Waals surface area contributed by atoms with Crippen molar-refractivity contribution in [1.29, 1.82) is 0 Å². The first kappa shape index (κ1) is 64.8. The van der Waals surface area contributed by atoms with Crippen molar-refractivity contribution < 1.29 is 44.3 Å². The van der Waals surface area contributed by atoms with Crippen LogP contribution in [-0.4, -0.2) is 49.0 Å². The van der Waals surface area contributed by atoms with Crippen LogP contribution in [0.4, 0.5) is 39.5 Å². The molecule has 0 aromatic carbocycles. The van der Waals surface area contributed by atoms with Gasteiger partial charge in [0.05, 0.1) is 0 Å². The fraction of sp³-hybridized carbons (Fsp3) is 1.00. The van der Waals surface area contributed by atoms with E-state index in [4.69, 9.17) is 0 Å². The average Bonchev–Trinajstić information content (AvgIpc) is 2.84. The zero-order valence-corrected chi connectivity index (χ0v) is 31.5. The van der Waals surface area contributed by atoms with Gasteiger partial charge in [0, 0.05) is 26.4 Å². The van der Waals surface area contributed by atoms with Crippen molar-refractivity contribution >= 4 is 0 Å². The molecule has 0 aliphatic heterocycles. The van der Waals surface area contributed by atoms with Crippen molar-refractivity contribution in [1.82, 2.24) is 0 Å². The van der Waals surface area contributed by atoms with Gasteiger partial charge in [-0.15, -0.1) is 0 Å². The summed E-state index contributed by atoms with van der Waals surface area (Å²) in [7, 11) is 1.28. The van der Waals surface area contributed by atoms with Crippen molar-refractivity contribution in [2.24, 2.45) is 0 Å². The minimum absolute atomic E-state index is 0. The normalized spacial score (nSPS) is 13.3. The first-order chi connectivity index (χ1) is 20.3. The van der Waals surface area contributed by atoms with E-state index in [-0.39, 0.29) is 34.1 Å². The van der Waals surface area contributed by atoms with E-state index in [0.717, 1.165) is 26.2 Å². The van der Waals surface area contributed by atoms with Crippen molar-refractivity contribution in [3.05, 3.63) is 0 Å². The monoisotopic (exact) mass is 713 g/mol. The maximum Gasteiger partial charge on any atom is 0.270 e. The second-order valence-corrected chi connectivity index (χ2v) is 12.5. The van der Waals surface area contributed by atoms with E-state index < -0.39 is 41.9 Å². The average molecular weight is 713 g/mol. The lowest BCUT2D eigenvalue weighted by Crippen LogP contribution is -2.22.